The molecule has 0 bridgehead atoms. The Balaban J connectivity index is 1.85. The van der Waals surface area contributed by atoms with Crippen molar-refractivity contribution >= 4 is 28.3 Å². The smallest absolute Gasteiger partial charge is 0.337 e. The van der Waals surface area contributed by atoms with Gasteiger partial charge >= 0.3 is 5.97 Å². The number of rotatable bonds is 2. The molecule has 4 nitrogen and oxygen atoms in total. The minimum atomic E-state index is -0.353. The van der Waals surface area contributed by atoms with Crippen LogP contribution in [0, 0.1) is 0 Å². The molecule has 122 valence electrons. The summed E-state index contributed by atoms with van der Waals surface area (Å²) >= 11 is 6.23. The fourth-order valence-electron chi connectivity index (χ4n) is 3.58. The molecule has 1 N–H and O–H groups in total. The Morgan fingerprint density at radius 2 is 2.17 bits per heavy atom. The predicted molar refractivity (Wildman–Crippen MR) is 92.9 cm³/mol. The van der Waals surface area contributed by atoms with Gasteiger partial charge in [-0.05, 0) is 42.2 Å². The number of carbonyl (C=O) groups excluding carboxylic acids is 1. The van der Waals surface area contributed by atoms with Crippen molar-refractivity contribution in [2.75, 3.05) is 7.11 Å². The summed E-state index contributed by atoms with van der Waals surface area (Å²) in [5.41, 5.74) is 2.76. The summed E-state index contributed by atoms with van der Waals surface area (Å²) in [6.07, 6.45) is 3.69. The largest absolute Gasteiger partial charge is 0.494 e. The van der Waals surface area contributed by atoms with Gasteiger partial charge in [-0.15, -0.1) is 0 Å². The van der Waals surface area contributed by atoms with E-state index in [2.05, 4.69) is 0 Å². The number of carbonyl (C=O) groups is 1. The van der Waals surface area contributed by atoms with Crippen molar-refractivity contribution in [3.8, 4) is 5.88 Å². The number of hydrogen-bond acceptors (Lipinski definition) is 3. The van der Waals surface area contributed by atoms with Gasteiger partial charge in [0, 0.05) is 11.6 Å². The summed E-state index contributed by atoms with van der Waals surface area (Å²) in [4.78, 5) is 11.8. The summed E-state index contributed by atoms with van der Waals surface area (Å²) in [5.74, 6) is -0.190. The first-order valence-corrected chi connectivity index (χ1v) is 8.17. The molecule has 24 heavy (non-hydrogen) atoms. The molecule has 0 saturated carbocycles. The van der Waals surface area contributed by atoms with Gasteiger partial charge in [0.25, 0.3) is 0 Å². The van der Waals surface area contributed by atoms with Crippen LogP contribution in [0.5, 0.6) is 5.88 Å². The van der Waals surface area contributed by atoms with Crippen LogP contribution in [-0.4, -0.2) is 22.8 Å². The number of esters is 1. The Bertz CT molecular complexity index is 961. The van der Waals surface area contributed by atoms with Crippen molar-refractivity contribution in [3.05, 3.63) is 64.3 Å². The average Bonchev–Trinajstić information content (AvgIpc) is 3.15. The van der Waals surface area contributed by atoms with Gasteiger partial charge in [0.2, 0.25) is 5.88 Å². The van der Waals surface area contributed by atoms with E-state index in [9.17, 15) is 9.90 Å². The SMILES string of the molecule is COC(=O)c1ccc2c(c1)C(n1cc3cccc(Cl)c3c1O)CC2. The molecule has 0 radical (unpaired) electrons. The summed E-state index contributed by atoms with van der Waals surface area (Å²) in [7, 11) is 1.37. The molecule has 1 aliphatic carbocycles. The van der Waals surface area contributed by atoms with Crippen LogP contribution in [0.25, 0.3) is 10.8 Å². The first kappa shape index (κ1) is 15.1. The summed E-state index contributed by atoms with van der Waals surface area (Å²) < 4.78 is 6.66. The molecule has 1 aliphatic rings. The van der Waals surface area contributed by atoms with Crippen LogP contribution >= 0.6 is 11.6 Å². The van der Waals surface area contributed by atoms with Crippen LogP contribution in [0.1, 0.15) is 33.9 Å². The molecule has 0 saturated heterocycles. The Morgan fingerprint density at radius 1 is 1.33 bits per heavy atom. The van der Waals surface area contributed by atoms with E-state index in [4.69, 9.17) is 16.3 Å². The molecule has 1 atom stereocenters. The molecular formula is C19H16ClNO3. The summed E-state index contributed by atoms with van der Waals surface area (Å²) in [6, 6.07) is 11.2. The molecule has 0 aliphatic heterocycles. The van der Waals surface area contributed by atoms with Crippen molar-refractivity contribution in [3.63, 3.8) is 0 Å². The second kappa shape index (κ2) is 5.56. The molecule has 0 spiro atoms. The molecule has 4 rings (SSSR count). The maximum Gasteiger partial charge on any atom is 0.337 e. The zero-order valence-corrected chi connectivity index (χ0v) is 13.9. The van der Waals surface area contributed by atoms with E-state index >= 15 is 0 Å². The Labute approximate surface area is 144 Å². The third-order valence-corrected chi connectivity index (χ3v) is 5.06. The van der Waals surface area contributed by atoms with Gasteiger partial charge in [-0.1, -0.05) is 29.8 Å². The highest BCUT2D eigenvalue weighted by Crippen LogP contribution is 2.42. The molecule has 2 aromatic carbocycles. The van der Waals surface area contributed by atoms with Crippen LogP contribution in [0.4, 0.5) is 0 Å². The highest BCUT2D eigenvalue weighted by molar-refractivity contribution is 6.36. The monoisotopic (exact) mass is 341 g/mol. The predicted octanol–water partition coefficient (Wildman–Crippen LogP) is 4.32. The highest BCUT2D eigenvalue weighted by Gasteiger charge is 2.28. The molecule has 0 fully saturated rings. The van der Waals surface area contributed by atoms with E-state index in [0.717, 1.165) is 23.8 Å². The number of aromatic nitrogens is 1. The van der Waals surface area contributed by atoms with E-state index in [1.807, 2.05) is 35.0 Å². The average molecular weight is 342 g/mol. The lowest BCUT2D eigenvalue weighted by atomic mass is 10.0. The van der Waals surface area contributed by atoms with E-state index in [1.165, 1.54) is 12.7 Å². The Hall–Kier alpha value is -2.46. The van der Waals surface area contributed by atoms with Gasteiger partial charge in [0.1, 0.15) is 0 Å². The summed E-state index contributed by atoms with van der Waals surface area (Å²) in [5, 5.41) is 12.8. The van der Waals surface area contributed by atoms with Crippen molar-refractivity contribution < 1.29 is 14.6 Å². The lowest BCUT2D eigenvalue weighted by Gasteiger charge is -2.16. The van der Waals surface area contributed by atoms with Gasteiger partial charge in [-0.3, -0.25) is 0 Å². The minimum Gasteiger partial charge on any atom is -0.494 e. The van der Waals surface area contributed by atoms with Crippen molar-refractivity contribution in [1.29, 1.82) is 0 Å². The molecule has 3 aromatic rings. The molecule has 1 aromatic heterocycles. The van der Waals surface area contributed by atoms with Crippen LogP contribution in [-0.2, 0) is 11.2 Å². The number of benzene rings is 2. The second-order valence-electron chi connectivity index (χ2n) is 6.02. The topological polar surface area (TPSA) is 51.5 Å². The van der Waals surface area contributed by atoms with Crippen molar-refractivity contribution in [2.45, 2.75) is 18.9 Å². The van der Waals surface area contributed by atoms with Crippen molar-refractivity contribution in [1.82, 2.24) is 4.57 Å². The van der Waals surface area contributed by atoms with E-state index in [0.29, 0.717) is 16.0 Å². The number of aryl methyl sites for hydroxylation is 1. The van der Waals surface area contributed by atoms with Gasteiger partial charge in [0.05, 0.1) is 29.1 Å². The standard InChI is InChI=1S/C19H16ClNO3/c1-24-19(23)12-6-5-11-7-8-16(14(11)9-12)21-10-13-3-2-4-15(20)17(13)18(21)22/h2-6,9-10,16,22H,7-8H2,1H3. The summed E-state index contributed by atoms with van der Waals surface area (Å²) in [6.45, 7) is 0. The Morgan fingerprint density at radius 3 is 2.92 bits per heavy atom. The fraction of sp³-hybridized carbons (Fsp3) is 0.211. The molecule has 1 heterocycles. The van der Waals surface area contributed by atoms with E-state index in [1.54, 1.807) is 12.1 Å². The number of methoxy groups -OCH3 is 1. The van der Waals surface area contributed by atoms with E-state index in [-0.39, 0.29) is 17.9 Å². The van der Waals surface area contributed by atoms with Crippen LogP contribution in [0.2, 0.25) is 5.02 Å². The van der Waals surface area contributed by atoms with Gasteiger partial charge in [-0.2, -0.15) is 0 Å². The zero-order valence-electron chi connectivity index (χ0n) is 13.1. The van der Waals surface area contributed by atoms with Gasteiger partial charge in [-0.25, -0.2) is 4.79 Å². The Kier molecular flexibility index (Phi) is 3.50. The van der Waals surface area contributed by atoms with Gasteiger partial charge in [0.15, 0.2) is 0 Å². The second-order valence-corrected chi connectivity index (χ2v) is 6.43. The van der Waals surface area contributed by atoms with Crippen molar-refractivity contribution in [2.24, 2.45) is 0 Å². The van der Waals surface area contributed by atoms with Crippen LogP contribution in [0.3, 0.4) is 0 Å². The lowest BCUT2D eigenvalue weighted by molar-refractivity contribution is 0.0600. The third kappa shape index (κ3) is 2.18. The quantitative estimate of drug-likeness (QED) is 0.706. The number of fused-ring (bicyclic) bond motifs is 2. The lowest BCUT2D eigenvalue weighted by Crippen LogP contribution is -2.07. The number of halogens is 1. The number of nitrogens with zero attached hydrogens (tertiary/aromatic N) is 1. The van der Waals surface area contributed by atoms with Crippen LogP contribution in [0.15, 0.2) is 42.6 Å². The first-order valence-electron chi connectivity index (χ1n) is 7.79. The zero-order chi connectivity index (χ0) is 16.8. The number of aromatic hydroxyl groups is 1. The van der Waals surface area contributed by atoms with E-state index < -0.39 is 0 Å². The highest BCUT2D eigenvalue weighted by atomic mass is 35.5. The number of hydrogen-bond donors (Lipinski definition) is 1. The van der Waals surface area contributed by atoms with Gasteiger partial charge < -0.3 is 14.4 Å². The number of ether oxygens (including phenoxy) is 1. The maximum absolute atomic E-state index is 11.8. The minimum absolute atomic E-state index is 0.0203. The van der Waals surface area contributed by atoms with Crippen LogP contribution < -0.4 is 0 Å². The molecule has 0 amide bonds. The molecule has 1 unspecified atom stereocenters. The fourth-order valence-corrected chi connectivity index (χ4v) is 3.84. The molecular weight excluding hydrogens is 326 g/mol. The maximum atomic E-state index is 11.8. The normalized spacial score (nSPS) is 16.3. The molecule has 5 heteroatoms. The first-order chi connectivity index (χ1) is 11.6. The third-order valence-electron chi connectivity index (χ3n) is 4.74.